The summed E-state index contributed by atoms with van der Waals surface area (Å²) in [6.45, 7) is 2.20. The van der Waals surface area contributed by atoms with Gasteiger partial charge in [-0.25, -0.2) is 0 Å². The van der Waals surface area contributed by atoms with Crippen LogP contribution in [0, 0.1) is 0 Å². The van der Waals surface area contributed by atoms with Crippen molar-refractivity contribution in [3.63, 3.8) is 0 Å². The molecule has 0 fully saturated rings. The number of aliphatic hydroxyl groups is 1. The van der Waals surface area contributed by atoms with E-state index in [1.165, 1.54) is 0 Å². The summed E-state index contributed by atoms with van der Waals surface area (Å²) in [5.74, 6) is -0.0119. The summed E-state index contributed by atoms with van der Waals surface area (Å²) < 4.78 is 4.88. The van der Waals surface area contributed by atoms with Gasteiger partial charge in [-0.15, -0.1) is 0 Å². The van der Waals surface area contributed by atoms with Gasteiger partial charge in [-0.2, -0.15) is 0 Å². The fourth-order valence-corrected chi connectivity index (χ4v) is 1.34. The van der Waals surface area contributed by atoms with Crippen LogP contribution in [0.2, 0.25) is 0 Å². The predicted molar refractivity (Wildman–Crippen MR) is 57.4 cm³/mol. The Kier molecular flexibility index (Phi) is 5.01. The van der Waals surface area contributed by atoms with Gasteiger partial charge in [0, 0.05) is 13.0 Å². The monoisotopic (exact) mass is 208 g/mol. The number of benzene rings is 1. The third kappa shape index (κ3) is 4.72. The Labute approximate surface area is 89.7 Å². The predicted octanol–water partition coefficient (Wildman–Crippen LogP) is 1.54. The van der Waals surface area contributed by atoms with Crippen LogP contribution >= 0.6 is 0 Å². The number of ketones is 1. The quantitative estimate of drug-likeness (QED) is 0.721. The molecular formula is C12H16O3. The summed E-state index contributed by atoms with van der Waals surface area (Å²) >= 11 is 0. The topological polar surface area (TPSA) is 46.5 Å². The molecule has 3 heteroatoms. The van der Waals surface area contributed by atoms with Gasteiger partial charge in [0.15, 0.2) is 6.29 Å². The van der Waals surface area contributed by atoms with Gasteiger partial charge >= 0.3 is 0 Å². The average molecular weight is 208 g/mol. The molecule has 0 aliphatic rings. The largest absolute Gasteiger partial charge is 0.368 e. The standard InChI is InChI=1S/C12H16O3/c1-2-15-12(14)9-11(13)8-10-6-4-3-5-7-10/h3-7,12,14H,2,8-9H2,1H3. The zero-order chi connectivity index (χ0) is 11.1. The zero-order valence-electron chi connectivity index (χ0n) is 8.85. The van der Waals surface area contributed by atoms with E-state index in [2.05, 4.69) is 0 Å². The van der Waals surface area contributed by atoms with Crippen LogP contribution in [0.1, 0.15) is 18.9 Å². The van der Waals surface area contributed by atoms with Crippen LogP contribution in [0.3, 0.4) is 0 Å². The van der Waals surface area contributed by atoms with Crippen molar-refractivity contribution in [2.24, 2.45) is 0 Å². The molecule has 1 aromatic rings. The normalized spacial score (nSPS) is 12.4. The van der Waals surface area contributed by atoms with E-state index >= 15 is 0 Å². The molecule has 15 heavy (non-hydrogen) atoms. The van der Waals surface area contributed by atoms with Crippen molar-refractivity contribution in [3.05, 3.63) is 35.9 Å². The number of carbonyl (C=O) groups excluding carboxylic acids is 1. The molecule has 0 spiro atoms. The molecule has 0 saturated carbocycles. The Morgan fingerprint density at radius 2 is 2.07 bits per heavy atom. The van der Waals surface area contributed by atoms with E-state index in [1.807, 2.05) is 30.3 Å². The highest BCUT2D eigenvalue weighted by Gasteiger charge is 2.10. The third-order valence-corrected chi connectivity index (χ3v) is 2.01. The molecular weight excluding hydrogens is 192 g/mol. The Morgan fingerprint density at radius 3 is 2.67 bits per heavy atom. The van der Waals surface area contributed by atoms with Gasteiger partial charge in [0.25, 0.3) is 0 Å². The first-order valence-electron chi connectivity index (χ1n) is 5.07. The summed E-state index contributed by atoms with van der Waals surface area (Å²) in [4.78, 5) is 11.5. The van der Waals surface area contributed by atoms with E-state index in [0.29, 0.717) is 13.0 Å². The zero-order valence-corrected chi connectivity index (χ0v) is 8.85. The van der Waals surface area contributed by atoms with Gasteiger partial charge in [0.1, 0.15) is 5.78 Å². The Bertz CT molecular complexity index is 295. The molecule has 1 rings (SSSR count). The van der Waals surface area contributed by atoms with Gasteiger partial charge in [-0.3, -0.25) is 4.79 Å². The Morgan fingerprint density at radius 1 is 1.40 bits per heavy atom. The van der Waals surface area contributed by atoms with E-state index < -0.39 is 6.29 Å². The van der Waals surface area contributed by atoms with Crippen molar-refractivity contribution in [1.29, 1.82) is 0 Å². The van der Waals surface area contributed by atoms with E-state index in [0.717, 1.165) is 5.56 Å². The second-order valence-corrected chi connectivity index (χ2v) is 3.32. The molecule has 1 N–H and O–H groups in total. The minimum absolute atomic E-state index is 0.0119. The number of hydrogen-bond donors (Lipinski definition) is 1. The minimum Gasteiger partial charge on any atom is -0.368 e. The lowest BCUT2D eigenvalue weighted by atomic mass is 10.1. The lowest BCUT2D eigenvalue weighted by Crippen LogP contribution is -2.18. The van der Waals surface area contributed by atoms with Crippen molar-refractivity contribution in [2.45, 2.75) is 26.1 Å². The first kappa shape index (κ1) is 11.9. The lowest BCUT2D eigenvalue weighted by molar-refractivity contribution is -0.134. The van der Waals surface area contributed by atoms with Crippen LogP contribution < -0.4 is 0 Å². The molecule has 0 radical (unpaired) electrons. The van der Waals surface area contributed by atoms with E-state index in [-0.39, 0.29) is 12.2 Å². The van der Waals surface area contributed by atoms with Crippen molar-refractivity contribution in [2.75, 3.05) is 6.61 Å². The molecule has 1 atom stereocenters. The van der Waals surface area contributed by atoms with E-state index in [1.54, 1.807) is 6.92 Å². The van der Waals surface area contributed by atoms with Crippen LogP contribution in [0.15, 0.2) is 30.3 Å². The second kappa shape index (κ2) is 6.32. The highest BCUT2D eigenvalue weighted by Crippen LogP contribution is 2.04. The van der Waals surface area contributed by atoms with Crippen LogP contribution in [0.5, 0.6) is 0 Å². The van der Waals surface area contributed by atoms with Crippen LogP contribution in [-0.2, 0) is 16.0 Å². The molecule has 0 saturated heterocycles. The maximum atomic E-state index is 11.5. The van der Waals surface area contributed by atoms with Gasteiger partial charge in [-0.1, -0.05) is 30.3 Å². The van der Waals surface area contributed by atoms with E-state index in [4.69, 9.17) is 4.74 Å². The number of aliphatic hydroxyl groups excluding tert-OH is 1. The smallest absolute Gasteiger partial charge is 0.161 e. The Balaban J connectivity index is 2.36. The summed E-state index contributed by atoms with van der Waals surface area (Å²) in [5, 5.41) is 9.25. The maximum Gasteiger partial charge on any atom is 0.161 e. The summed E-state index contributed by atoms with van der Waals surface area (Å²) in [5.41, 5.74) is 0.964. The van der Waals surface area contributed by atoms with Gasteiger partial charge in [-0.05, 0) is 12.5 Å². The number of Topliss-reactive ketones (excluding diaryl/α,β-unsaturated/α-hetero) is 1. The second-order valence-electron chi connectivity index (χ2n) is 3.32. The Hall–Kier alpha value is -1.19. The molecule has 0 aromatic heterocycles. The molecule has 1 aromatic carbocycles. The number of ether oxygens (including phenoxy) is 1. The molecule has 0 aliphatic carbocycles. The highest BCUT2D eigenvalue weighted by atomic mass is 16.6. The fourth-order valence-electron chi connectivity index (χ4n) is 1.34. The van der Waals surface area contributed by atoms with Crippen LogP contribution in [0.4, 0.5) is 0 Å². The molecule has 0 amide bonds. The molecule has 0 bridgehead atoms. The van der Waals surface area contributed by atoms with Gasteiger partial charge < -0.3 is 9.84 Å². The van der Waals surface area contributed by atoms with Crippen molar-refractivity contribution >= 4 is 5.78 Å². The lowest BCUT2D eigenvalue weighted by Gasteiger charge is -2.09. The SMILES string of the molecule is CCOC(O)CC(=O)Cc1ccccc1. The van der Waals surface area contributed by atoms with Crippen molar-refractivity contribution in [3.8, 4) is 0 Å². The molecule has 1 unspecified atom stereocenters. The molecule has 3 nitrogen and oxygen atoms in total. The minimum atomic E-state index is -0.966. The van der Waals surface area contributed by atoms with Gasteiger partial charge in [0.05, 0.1) is 6.42 Å². The first-order chi connectivity index (χ1) is 7.22. The summed E-state index contributed by atoms with van der Waals surface area (Å²) in [6.07, 6.45) is -0.556. The van der Waals surface area contributed by atoms with Crippen molar-refractivity contribution < 1.29 is 14.6 Å². The number of rotatable bonds is 6. The maximum absolute atomic E-state index is 11.5. The molecule has 0 heterocycles. The van der Waals surface area contributed by atoms with Gasteiger partial charge in [0.2, 0.25) is 0 Å². The highest BCUT2D eigenvalue weighted by molar-refractivity contribution is 5.81. The molecule has 0 aliphatic heterocycles. The molecule has 82 valence electrons. The average Bonchev–Trinajstić information content (AvgIpc) is 2.19. The van der Waals surface area contributed by atoms with Crippen LogP contribution in [-0.4, -0.2) is 23.8 Å². The first-order valence-corrected chi connectivity index (χ1v) is 5.07. The fraction of sp³-hybridized carbons (Fsp3) is 0.417. The van der Waals surface area contributed by atoms with Crippen LogP contribution in [0.25, 0.3) is 0 Å². The number of hydrogen-bond acceptors (Lipinski definition) is 3. The van der Waals surface area contributed by atoms with Crippen molar-refractivity contribution in [1.82, 2.24) is 0 Å². The number of carbonyl (C=O) groups is 1. The summed E-state index contributed by atoms with van der Waals surface area (Å²) in [6, 6.07) is 9.47. The van der Waals surface area contributed by atoms with E-state index in [9.17, 15) is 9.90 Å². The summed E-state index contributed by atoms with van der Waals surface area (Å²) in [7, 11) is 0. The third-order valence-electron chi connectivity index (χ3n) is 2.01.